The Hall–Kier alpha value is -2.43. The third-order valence-electron chi connectivity index (χ3n) is 3.06. The fourth-order valence-corrected chi connectivity index (χ4v) is 3.06. The van der Waals surface area contributed by atoms with E-state index in [0.29, 0.717) is 5.02 Å². The minimum atomic E-state index is -4.01. The molecule has 0 radical (unpaired) electrons. The van der Waals surface area contributed by atoms with Crippen molar-refractivity contribution in [3.8, 4) is 6.07 Å². The maximum Gasteiger partial charge on any atom is 0.218 e. The lowest BCUT2D eigenvalue weighted by Crippen LogP contribution is -2.11. The molecule has 0 fully saturated rings. The maximum absolute atomic E-state index is 13.5. The van der Waals surface area contributed by atoms with Gasteiger partial charge in [-0.15, -0.1) is 0 Å². The molecule has 0 spiro atoms. The van der Waals surface area contributed by atoms with Crippen LogP contribution in [-0.2, 0) is 16.4 Å². The Labute approximate surface area is 142 Å². The van der Waals surface area contributed by atoms with E-state index in [4.69, 9.17) is 16.9 Å². The van der Waals surface area contributed by atoms with Gasteiger partial charge >= 0.3 is 0 Å². The highest BCUT2D eigenvalue weighted by Crippen LogP contribution is 2.20. The molecule has 1 N–H and O–H groups in total. The van der Waals surface area contributed by atoms with Crippen molar-refractivity contribution in [2.24, 2.45) is 0 Å². The van der Waals surface area contributed by atoms with Gasteiger partial charge in [-0.25, -0.2) is 17.2 Å². The fourth-order valence-electron chi connectivity index (χ4n) is 1.83. The van der Waals surface area contributed by atoms with E-state index < -0.39 is 26.4 Å². The van der Waals surface area contributed by atoms with Gasteiger partial charge < -0.3 is 5.32 Å². The van der Waals surface area contributed by atoms with E-state index in [1.165, 1.54) is 30.3 Å². The lowest BCUT2D eigenvalue weighted by atomic mass is 10.2. The van der Waals surface area contributed by atoms with Crippen molar-refractivity contribution in [1.82, 2.24) is 5.32 Å². The number of sulfone groups is 1. The topological polar surface area (TPSA) is 70.0 Å². The Kier molecular flexibility index (Phi) is 5.54. The zero-order valence-corrected chi connectivity index (χ0v) is 13.7. The number of halogens is 3. The van der Waals surface area contributed by atoms with E-state index in [9.17, 15) is 17.2 Å². The quantitative estimate of drug-likeness (QED) is 0.819. The van der Waals surface area contributed by atoms with E-state index in [2.05, 4.69) is 5.32 Å². The van der Waals surface area contributed by atoms with Crippen LogP contribution in [0.2, 0.25) is 5.02 Å². The van der Waals surface area contributed by atoms with Crippen LogP contribution in [0.15, 0.2) is 58.5 Å². The molecule has 8 heteroatoms. The van der Waals surface area contributed by atoms with Gasteiger partial charge in [0.25, 0.3) is 0 Å². The first-order valence-corrected chi connectivity index (χ1v) is 8.49. The molecule has 0 atom stereocenters. The SMILES string of the molecule is N#CC(=CNCc1ccc(F)cc1F)S(=O)(=O)c1ccc(Cl)cc1. The first-order chi connectivity index (χ1) is 11.3. The predicted molar refractivity (Wildman–Crippen MR) is 85.5 cm³/mol. The minimum Gasteiger partial charge on any atom is -0.385 e. The Bertz CT molecular complexity index is 920. The molecule has 24 heavy (non-hydrogen) atoms. The molecule has 0 unspecified atom stereocenters. The molecule has 4 nitrogen and oxygen atoms in total. The summed E-state index contributed by atoms with van der Waals surface area (Å²) in [6, 6.07) is 9.97. The summed E-state index contributed by atoms with van der Waals surface area (Å²) in [5, 5.41) is 12.0. The van der Waals surface area contributed by atoms with Crippen LogP contribution < -0.4 is 5.32 Å². The second-order valence-electron chi connectivity index (χ2n) is 4.69. The summed E-state index contributed by atoms with van der Waals surface area (Å²) in [5.74, 6) is -1.48. The number of nitriles is 1. The Morgan fingerprint density at radius 2 is 1.88 bits per heavy atom. The molecular formula is C16H11ClF2N2O2S. The van der Waals surface area contributed by atoms with Crippen LogP contribution in [0, 0.1) is 23.0 Å². The van der Waals surface area contributed by atoms with Gasteiger partial charge in [0.05, 0.1) is 4.90 Å². The molecule has 0 aliphatic carbocycles. The smallest absolute Gasteiger partial charge is 0.218 e. The van der Waals surface area contributed by atoms with Gasteiger partial charge in [0.2, 0.25) is 9.84 Å². The predicted octanol–water partition coefficient (Wildman–Crippen LogP) is 3.55. The number of rotatable bonds is 5. The van der Waals surface area contributed by atoms with E-state index in [0.717, 1.165) is 18.3 Å². The van der Waals surface area contributed by atoms with Crippen LogP contribution in [0.3, 0.4) is 0 Å². The van der Waals surface area contributed by atoms with Gasteiger partial charge in [0.15, 0.2) is 4.91 Å². The Balaban J connectivity index is 2.20. The molecule has 0 aromatic heterocycles. The second kappa shape index (κ2) is 7.43. The monoisotopic (exact) mass is 368 g/mol. The average molecular weight is 369 g/mol. The number of hydrogen-bond acceptors (Lipinski definition) is 4. The summed E-state index contributed by atoms with van der Waals surface area (Å²) in [6.07, 6.45) is 0.979. The van der Waals surface area contributed by atoms with Crippen LogP contribution in [-0.4, -0.2) is 8.42 Å². The standard InChI is InChI=1S/C16H11ClF2N2O2S/c17-12-2-5-14(6-3-12)24(22,23)15(8-20)10-21-9-11-1-4-13(18)7-16(11)19/h1-7,10,21H,9H2. The molecule has 0 amide bonds. The average Bonchev–Trinajstić information content (AvgIpc) is 2.53. The summed E-state index contributed by atoms with van der Waals surface area (Å²) in [4.78, 5) is -0.623. The fraction of sp³-hybridized carbons (Fsp3) is 0.0625. The summed E-state index contributed by atoms with van der Waals surface area (Å²) in [7, 11) is -4.01. The lowest BCUT2D eigenvalue weighted by Gasteiger charge is -2.06. The molecule has 0 heterocycles. The first-order valence-electron chi connectivity index (χ1n) is 6.63. The normalized spacial score (nSPS) is 11.8. The molecule has 2 rings (SSSR count). The maximum atomic E-state index is 13.5. The van der Waals surface area contributed by atoms with Crippen molar-refractivity contribution in [1.29, 1.82) is 5.26 Å². The molecule has 2 aromatic rings. The minimum absolute atomic E-state index is 0.0885. The largest absolute Gasteiger partial charge is 0.385 e. The van der Waals surface area contributed by atoms with Crippen LogP contribution in [0.5, 0.6) is 0 Å². The second-order valence-corrected chi connectivity index (χ2v) is 7.05. The number of benzene rings is 2. The van der Waals surface area contributed by atoms with Crippen molar-refractivity contribution in [3.05, 3.63) is 75.8 Å². The van der Waals surface area contributed by atoms with Gasteiger partial charge in [0.1, 0.15) is 17.7 Å². The highest BCUT2D eigenvalue weighted by Gasteiger charge is 2.20. The molecule has 0 bridgehead atoms. The zero-order chi connectivity index (χ0) is 17.7. The summed E-state index contributed by atoms with van der Waals surface area (Å²) >= 11 is 5.70. The van der Waals surface area contributed by atoms with E-state index in [-0.39, 0.29) is 17.0 Å². The van der Waals surface area contributed by atoms with Crippen molar-refractivity contribution in [3.63, 3.8) is 0 Å². The van der Waals surface area contributed by atoms with Crippen LogP contribution in [0.25, 0.3) is 0 Å². The highest BCUT2D eigenvalue weighted by atomic mass is 35.5. The van der Waals surface area contributed by atoms with Crippen molar-refractivity contribution in [2.45, 2.75) is 11.4 Å². The third kappa shape index (κ3) is 4.10. The third-order valence-corrected chi connectivity index (χ3v) is 5.00. The number of nitrogens with zero attached hydrogens (tertiary/aromatic N) is 1. The van der Waals surface area contributed by atoms with E-state index in [1.54, 1.807) is 6.07 Å². The van der Waals surface area contributed by atoms with Crippen molar-refractivity contribution < 1.29 is 17.2 Å². The van der Waals surface area contributed by atoms with Gasteiger partial charge in [-0.05, 0) is 30.3 Å². The van der Waals surface area contributed by atoms with Gasteiger partial charge in [-0.2, -0.15) is 5.26 Å². The lowest BCUT2D eigenvalue weighted by molar-refractivity contribution is 0.568. The van der Waals surface area contributed by atoms with Crippen molar-refractivity contribution >= 4 is 21.4 Å². The molecule has 2 aromatic carbocycles. The number of hydrogen-bond donors (Lipinski definition) is 1. The van der Waals surface area contributed by atoms with Gasteiger partial charge in [-0.3, -0.25) is 0 Å². The first kappa shape index (κ1) is 17.9. The Morgan fingerprint density at radius 3 is 2.46 bits per heavy atom. The summed E-state index contributed by atoms with van der Waals surface area (Å²) in [5.41, 5.74) is 0.133. The zero-order valence-electron chi connectivity index (χ0n) is 12.1. The highest BCUT2D eigenvalue weighted by molar-refractivity contribution is 7.95. The molecular weight excluding hydrogens is 358 g/mol. The molecule has 0 aliphatic heterocycles. The summed E-state index contributed by atoms with van der Waals surface area (Å²) in [6.45, 7) is -0.104. The molecule has 124 valence electrons. The van der Waals surface area contributed by atoms with E-state index in [1.807, 2.05) is 0 Å². The summed E-state index contributed by atoms with van der Waals surface area (Å²) < 4.78 is 51.0. The molecule has 0 aliphatic rings. The number of nitrogens with one attached hydrogen (secondary N) is 1. The van der Waals surface area contributed by atoms with Gasteiger partial charge in [0, 0.05) is 29.4 Å². The van der Waals surface area contributed by atoms with Gasteiger partial charge in [-0.1, -0.05) is 17.7 Å². The molecule has 0 saturated carbocycles. The molecule has 0 saturated heterocycles. The van der Waals surface area contributed by atoms with Crippen molar-refractivity contribution in [2.75, 3.05) is 0 Å². The Morgan fingerprint density at radius 1 is 1.21 bits per heavy atom. The van der Waals surface area contributed by atoms with Crippen LogP contribution >= 0.6 is 11.6 Å². The van der Waals surface area contributed by atoms with Crippen LogP contribution in [0.1, 0.15) is 5.56 Å². The number of allylic oxidation sites excluding steroid dienone is 1. The van der Waals surface area contributed by atoms with Crippen LogP contribution in [0.4, 0.5) is 8.78 Å². The van der Waals surface area contributed by atoms with E-state index >= 15 is 0 Å².